The first-order valence-corrected chi connectivity index (χ1v) is 9.47. The zero-order chi connectivity index (χ0) is 20.9. The van der Waals surface area contributed by atoms with Crippen molar-refractivity contribution in [2.24, 2.45) is 5.10 Å². The second kappa shape index (κ2) is 8.66. The van der Waals surface area contributed by atoms with Gasteiger partial charge in [-0.25, -0.2) is 10.1 Å². The van der Waals surface area contributed by atoms with Crippen molar-refractivity contribution >= 4 is 35.4 Å². The minimum atomic E-state index is 0.254. The minimum absolute atomic E-state index is 0.254. The van der Waals surface area contributed by atoms with Crippen LogP contribution < -0.4 is 10.7 Å². The highest BCUT2D eigenvalue weighted by Crippen LogP contribution is 2.19. The molecule has 0 radical (unpaired) electrons. The van der Waals surface area contributed by atoms with Crippen LogP contribution in [0.1, 0.15) is 17.1 Å². The summed E-state index contributed by atoms with van der Waals surface area (Å²) in [7, 11) is 0. The Labute approximate surface area is 177 Å². The van der Waals surface area contributed by atoms with Crippen LogP contribution in [0.4, 0.5) is 17.6 Å². The van der Waals surface area contributed by atoms with E-state index in [4.69, 9.17) is 11.6 Å². The first kappa shape index (κ1) is 19.5. The van der Waals surface area contributed by atoms with Crippen LogP contribution in [0.3, 0.4) is 0 Å². The summed E-state index contributed by atoms with van der Waals surface area (Å²) in [6.45, 7) is 3.84. The number of aromatic nitrogens is 6. The van der Waals surface area contributed by atoms with Gasteiger partial charge in [-0.2, -0.15) is 25.2 Å². The van der Waals surface area contributed by atoms with Gasteiger partial charge in [-0.15, -0.1) is 0 Å². The summed E-state index contributed by atoms with van der Waals surface area (Å²) in [6.07, 6.45) is 3.27. The molecule has 0 atom stereocenters. The quantitative estimate of drug-likeness (QED) is 0.360. The zero-order valence-electron chi connectivity index (χ0n) is 16.3. The highest BCUT2D eigenvalue weighted by atomic mass is 35.5. The largest absolute Gasteiger partial charge is 0.324 e. The molecule has 150 valence electrons. The first-order chi connectivity index (χ1) is 14.6. The number of rotatable bonds is 6. The predicted molar refractivity (Wildman–Crippen MR) is 117 cm³/mol. The van der Waals surface area contributed by atoms with Crippen molar-refractivity contribution in [1.82, 2.24) is 29.7 Å². The molecule has 0 aliphatic rings. The molecule has 0 saturated carbocycles. The molecule has 0 aliphatic carbocycles. The molecule has 2 N–H and O–H groups in total. The lowest BCUT2D eigenvalue weighted by atomic mass is 10.3. The Bertz CT molecular complexity index is 1190. The van der Waals surface area contributed by atoms with Crippen molar-refractivity contribution in [3.63, 3.8) is 0 Å². The molecule has 0 amide bonds. The van der Waals surface area contributed by atoms with Crippen molar-refractivity contribution in [1.29, 1.82) is 0 Å². The number of nitrogens with one attached hydrogen (secondary N) is 2. The van der Waals surface area contributed by atoms with Gasteiger partial charge in [-0.1, -0.05) is 23.7 Å². The Morgan fingerprint density at radius 2 is 1.87 bits per heavy atom. The van der Waals surface area contributed by atoms with Crippen LogP contribution in [-0.2, 0) is 0 Å². The van der Waals surface area contributed by atoms with Gasteiger partial charge < -0.3 is 5.32 Å². The summed E-state index contributed by atoms with van der Waals surface area (Å²) in [5, 5.41) is 12.4. The van der Waals surface area contributed by atoms with E-state index in [9.17, 15) is 0 Å². The Morgan fingerprint density at radius 1 is 1.00 bits per heavy atom. The SMILES string of the molecule is Cc1cc(C)n(-c2nc(N/N=C/c3ccccn3)nc(Nc3cccc(Cl)c3)n2)n1. The van der Waals surface area contributed by atoms with Crippen molar-refractivity contribution in [3.05, 3.63) is 76.8 Å². The molecule has 3 heterocycles. The Hall–Kier alpha value is -3.85. The third kappa shape index (κ3) is 4.76. The van der Waals surface area contributed by atoms with Gasteiger partial charge >= 0.3 is 0 Å². The maximum absolute atomic E-state index is 6.08. The Balaban J connectivity index is 1.66. The van der Waals surface area contributed by atoms with Crippen LogP contribution in [0.15, 0.2) is 59.8 Å². The first-order valence-electron chi connectivity index (χ1n) is 9.09. The van der Waals surface area contributed by atoms with E-state index >= 15 is 0 Å². The van der Waals surface area contributed by atoms with Gasteiger partial charge in [-0.3, -0.25) is 4.98 Å². The number of hydrogen-bond acceptors (Lipinski definition) is 8. The number of aryl methyl sites for hydroxylation is 2. The summed E-state index contributed by atoms with van der Waals surface area (Å²) >= 11 is 6.08. The average molecular weight is 420 g/mol. The number of hydrogen-bond donors (Lipinski definition) is 2. The summed E-state index contributed by atoms with van der Waals surface area (Å²) in [5.41, 5.74) is 6.04. The van der Waals surface area contributed by atoms with E-state index in [1.54, 1.807) is 29.2 Å². The lowest BCUT2D eigenvalue weighted by Gasteiger charge is -2.09. The molecule has 0 aliphatic heterocycles. The number of benzene rings is 1. The lowest BCUT2D eigenvalue weighted by Crippen LogP contribution is -2.11. The molecule has 3 aromatic heterocycles. The number of anilines is 3. The molecule has 0 unspecified atom stereocenters. The normalized spacial score (nSPS) is 11.0. The predicted octanol–water partition coefficient (Wildman–Crippen LogP) is 3.91. The number of nitrogens with zero attached hydrogens (tertiary/aromatic N) is 7. The second-order valence-corrected chi connectivity index (χ2v) is 6.82. The lowest BCUT2D eigenvalue weighted by molar-refractivity contribution is 0.767. The van der Waals surface area contributed by atoms with E-state index in [1.807, 2.05) is 50.2 Å². The molecule has 0 saturated heterocycles. The van der Waals surface area contributed by atoms with Gasteiger partial charge in [0.05, 0.1) is 17.6 Å². The van der Waals surface area contributed by atoms with Crippen molar-refractivity contribution in [2.75, 3.05) is 10.7 Å². The van der Waals surface area contributed by atoms with Gasteiger partial charge in [0.2, 0.25) is 11.9 Å². The molecule has 0 spiro atoms. The standard InChI is InChI=1S/C20H18ClN9/c1-13-10-14(2)30(29-13)20-26-18(24-16-8-5-6-15(21)11-16)25-19(27-20)28-23-12-17-7-3-4-9-22-17/h3-12H,1-2H3,(H2,24,25,26,27,28)/b23-12+. The maximum Gasteiger partial charge on any atom is 0.257 e. The summed E-state index contributed by atoms with van der Waals surface area (Å²) in [6, 6.07) is 14.8. The fourth-order valence-electron chi connectivity index (χ4n) is 2.70. The van der Waals surface area contributed by atoms with E-state index in [0.29, 0.717) is 22.6 Å². The molecular weight excluding hydrogens is 402 g/mol. The highest BCUT2D eigenvalue weighted by Gasteiger charge is 2.12. The van der Waals surface area contributed by atoms with Crippen molar-refractivity contribution in [3.8, 4) is 5.95 Å². The van der Waals surface area contributed by atoms with Crippen LogP contribution in [0.25, 0.3) is 5.95 Å². The van der Waals surface area contributed by atoms with Crippen LogP contribution in [0.5, 0.6) is 0 Å². The van der Waals surface area contributed by atoms with E-state index < -0.39 is 0 Å². The fourth-order valence-corrected chi connectivity index (χ4v) is 2.89. The molecule has 9 nitrogen and oxygen atoms in total. The number of halogens is 1. The second-order valence-electron chi connectivity index (χ2n) is 6.38. The van der Waals surface area contributed by atoms with Gasteiger partial charge in [0.15, 0.2) is 0 Å². The summed E-state index contributed by atoms with van der Waals surface area (Å²) in [5.74, 6) is 0.935. The van der Waals surface area contributed by atoms with Crippen LogP contribution >= 0.6 is 11.6 Å². The average Bonchev–Trinajstić information content (AvgIpc) is 3.07. The summed E-state index contributed by atoms with van der Waals surface area (Å²) < 4.78 is 1.65. The molecule has 4 rings (SSSR count). The Kier molecular flexibility index (Phi) is 5.62. The third-order valence-corrected chi connectivity index (χ3v) is 4.19. The van der Waals surface area contributed by atoms with Gasteiger partial charge in [0, 0.05) is 22.6 Å². The fraction of sp³-hybridized carbons (Fsp3) is 0.100. The smallest absolute Gasteiger partial charge is 0.257 e. The van der Waals surface area contributed by atoms with Gasteiger partial charge in [-0.05, 0) is 50.2 Å². The molecule has 1 aromatic carbocycles. The molecule has 4 aromatic rings. The van der Waals surface area contributed by atoms with Crippen molar-refractivity contribution < 1.29 is 0 Å². The van der Waals surface area contributed by atoms with E-state index in [-0.39, 0.29) is 5.95 Å². The third-order valence-electron chi connectivity index (χ3n) is 3.95. The highest BCUT2D eigenvalue weighted by molar-refractivity contribution is 6.30. The molecular formula is C20H18ClN9. The van der Waals surface area contributed by atoms with Gasteiger partial charge in [0.25, 0.3) is 5.95 Å². The molecule has 0 fully saturated rings. The van der Waals surface area contributed by atoms with Crippen LogP contribution in [0.2, 0.25) is 5.02 Å². The topological polar surface area (TPSA) is 106 Å². The molecule has 30 heavy (non-hydrogen) atoms. The van der Waals surface area contributed by atoms with Gasteiger partial charge in [0.1, 0.15) is 0 Å². The van der Waals surface area contributed by atoms with Crippen LogP contribution in [-0.4, -0.2) is 35.9 Å². The van der Waals surface area contributed by atoms with Crippen molar-refractivity contribution in [2.45, 2.75) is 13.8 Å². The molecule has 0 bridgehead atoms. The maximum atomic E-state index is 6.08. The zero-order valence-corrected chi connectivity index (χ0v) is 17.0. The minimum Gasteiger partial charge on any atom is -0.324 e. The number of hydrazone groups is 1. The Morgan fingerprint density at radius 3 is 2.60 bits per heavy atom. The van der Waals surface area contributed by atoms with E-state index in [2.05, 4.69) is 40.9 Å². The monoisotopic (exact) mass is 419 g/mol. The number of pyridine rings is 1. The van der Waals surface area contributed by atoms with E-state index in [1.165, 1.54) is 0 Å². The summed E-state index contributed by atoms with van der Waals surface area (Å²) in [4.78, 5) is 17.5. The molecule has 10 heteroatoms. The van der Waals surface area contributed by atoms with E-state index in [0.717, 1.165) is 17.1 Å². The van der Waals surface area contributed by atoms with Crippen LogP contribution in [0, 0.1) is 13.8 Å².